The first-order valence-corrected chi connectivity index (χ1v) is 8.42. The molecule has 3 heteroatoms. The molecular formula is C18H27NO2. The van der Waals surface area contributed by atoms with Crippen LogP contribution in [-0.4, -0.2) is 19.3 Å². The van der Waals surface area contributed by atoms with Crippen molar-refractivity contribution in [2.75, 3.05) is 13.2 Å². The second kappa shape index (κ2) is 6.69. The topological polar surface area (TPSA) is 30.5 Å². The summed E-state index contributed by atoms with van der Waals surface area (Å²) in [6.07, 6.45) is 6.72. The van der Waals surface area contributed by atoms with Crippen LogP contribution in [0.1, 0.15) is 57.6 Å². The minimum absolute atomic E-state index is 0.365. The van der Waals surface area contributed by atoms with Crippen molar-refractivity contribution in [3.8, 4) is 11.5 Å². The highest BCUT2D eigenvalue weighted by Crippen LogP contribution is 2.33. The zero-order valence-corrected chi connectivity index (χ0v) is 13.2. The highest BCUT2D eigenvalue weighted by atomic mass is 16.6. The Kier molecular flexibility index (Phi) is 4.69. The van der Waals surface area contributed by atoms with Crippen LogP contribution in [0.15, 0.2) is 18.2 Å². The molecule has 1 heterocycles. The summed E-state index contributed by atoms with van der Waals surface area (Å²) >= 11 is 0. The summed E-state index contributed by atoms with van der Waals surface area (Å²) in [5, 5.41) is 3.79. The van der Waals surface area contributed by atoms with Crippen LogP contribution in [0.5, 0.6) is 11.5 Å². The molecule has 1 unspecified atom stereocenters. The maximum atomic E-state index is 5.68. The fourth-order valence-corrected chi connectivity index (χ4v) is 3.52. The molecule has 1 aliphatic carbocycles. The second-order valence-electron chi connectivity index (χ2n) is 6.42. The van der Waals surface area contributed by atoms with Crippen LogP contribution < -0.4 is 14.8 Å². The van der Waals surface area contributed by atoms with E-state index in [9.17, 15) is 0 Å². The summed E-state index contributed by atoms with van der Waals surface area (Å²) in [6.45, 7) is 5.87. The van der Waals surface area contributed by atoms with Crippen molar-refractivity contribution >= 4 is 0 Å². The molecule has 3 nitrogen and oxygen atoms in total. The van der Waals surface area contributed by atoms with Gasteiger partial charge in [0, 0.05) is 12.1 Å². The third-order valence-corrected chi connectivity index (χ3v) is 4.98. The Hall–Kier alpha value is -1.22. The number of nitrogens with one attached hydrogen (secondary N) is 1. The number of benzene rings is 1. The average molecular weight is 289 g/mol. The summed E-state index contributed by atoms with van der Waals surface area (Å²) in [4.78, 5) is 0. The largest absolute Gasteiger partial charge is 0.486 e. The van der Waals surface area contributed by atoms with E-state index in [-0.39, 0.29) is 0 Å². The lowest BCUT2D eigenvalue weighted by Gasteiger charge is -2.31. The van der Waals surface area contributed by atoms with Gasteiger partial charge in [-0.3, -0.25) is 0 Å². The third-order valence-electron chi connectivity index (χ3n) is 4.98. The van der Waals surface area contributed by atoms with Crippen LogP contribution in [0.4, 0.5) is 0 Å². The maximum Gasteiger partial charge on any atom is 0.161 e. The van der Waals surface area contributed by atoms with Gasteiger partial charge in [0.25, 0.3) is 0 Å². The van der Waals surface area contributed by atoms with Gasteiger partial charge in [-0.25, -0.2) is 0 Å². The molecule has 0 amide bonds. The molecule has 2 aliphatic rings. The maximum absolute atomic E-state index is 5.68. The van der Waals surface area contributed by atoms with Crippen LogP contribution in [0.2, 0.25) is 0 Å². The molecule has 1 fully saturated rings. The third kappa shape index (κ3) is 3.52. The minimum atomic E-state index is 0.365. The van der Waals surface area contributed by atoms with Crippen LogP contribution in [-0.2, 0) is 0 Å². The van der Waals surface area contributed by atoms with E-state index < -0.39 is 0 Å². The average Bonchev–Trinajstić information content (AvgIpc) is 2.55. The summed E-state index contributed by atoms with van der Waals surface area (Å²) in [6, 6.07) is 7.35. The van der Waals surface area contributed by atoms with Crippen LogP contribution >= 0.6 is 0 Å². The molecule has 1 saturated carbocycles. The van der Waals surface area contributed by atoms with Crippen LogP contribution in [0, 0.1) is 5.92 Å². The fourth-order valence-electron chi connectivity index (χ4n) is 3.52. The molecule has 1 aromatic carbocycles. The fraction of sp³-hybridized carbons (Fsp3) is 0.667. The van der Waals surface area contributed by atoms with E-state index >= 15 is 0 Å². The molecule has 0 bridgehead atoms. The number of hydrogen-bond acceptors (Lipinski definition) is 3. The molecule has 0 aromatic heterocycles. The highest BCUT2D eigenvalue weighted by Gasteiger charge is 2.22. The molecule has 1 aromatic rings. The number of fused-ring (bicyclic) bond motifs is 1. The monoisotopic (exact) mass is 289 g/mol. The molecule has 1 N–H and O–H groups in total. The summed E-state index contributed by atoms with van der Waals surface area (Å²) in [7, 11) is 0. The van der Waals surface area contributed by atoms with Gasteiger partial charge >= 0.3 is 0 Å². The van der Waals surface area contributed by atoms with Gasteiger partial charge in [-0.1, -0.05) is 19.4 Å². The molecule has 0 spiro atoms. The van der Waals surface area contributed by atoms with Crippen molar-refractivity contribution in [1.82, 2.24) is 5.32 Å². The van der Waals surface area contributed by atoms with Crippen molar-refractivity contribution in [3.05, 3.63) is 23.8 Å². The van der Waals surface area contributed by atoms with Crippen molar-refractivity contribution in [3.63, 3.8) is 0 Å². The van der Waals surface area contributed by atoms with E-state index in [4.69, 9.17) is 9.47 Å². The Bertz CT molecular complexity index is 466. The van der Waals surface area contributed by atoms with E-state index in [1.54, 1.807) is 0 Å². The van der Waals surface area contributed by atoms with Gasteiger partial charge in [-0.15, -0.1) is 0 Å². The summed E-state index contributed by atoms with van der Waals surface area (Å²) in [5.74, 6) is 2.72. The van der Waals surface area contributed by atoms with Crippen LogP contribution in [0.25, 0.3) is 0 Å². The Morgan fingerprint density at radius 2 is 1.81 bits per heavy atom. The molecule has 21 heavy (non-hydrogen) atoms. The molecule has 1 atom stereocenters. The first kappa shape index (κ1) is 14.7. The molecule has 116 valence electrons. The number of ether oxygens (including phenoxy) is 2. The quantitative estimate of drug-likeness (QED) is 0.906. The van der Waals surface area contributed by atoms with Crippen LogP contribution in [0.3, 0.4) is 0 Å². The van der Waals surface area contributed by atoms with Gasteiger partial charge in [0.05, 0.1) is 0 Å². The number of hydrogen-bond donors (Lipinski definition) is 1. The Labute approximate surface area is 128 Å². The summed E-state index contributed by atoms with van der Waals surface area (Å²) < 4.78 is 11.3. The lowest BCUT2D eigenvalue weighted by atomic mass is 9.84. The SMILES string of the molecule is CCC1CCC(NC(C)c2ccc3c(c2)OCCO3)CC1. The number of rotatable bonds is 4. The van der Waals surface area contributed by atoms with Crippen molar-refractivity contribution in [2.45, 2.75) is 58.0 Å². The second-order valence-corrected chi connectivity index (χ2v) is 6.42. The first-order valence-electron chi connectivity index (χ1n) is 8.42. The molecular weight excluding hydrogens is 262 g/mol. The standard InChI is InChI=1S/C18H27NO2/c1-3-14-4-7-16(8-5-14)19-13(2)15-6-9-17-18(12-15)21-11-10-20-17/h6,9,12-14,16,19H,3-5,7-8,10-11H2,1-2H3. The van der Waals surface area contributed by atoms with Gasteiger partial charge in [0.1, 0.15) is 13.2 Å². The predicted molar refractivity (Wildman–Crippen MR) is 85.0 cm³/mol. The zero-order valence-electron chi connectivity index (χ0n) is 13.2. The smallest absolute Gasteiger partial charge is 0.161 e. The van der Waals surface area contributed by atoms with E-state index in [0.29, 0.717) is 25.3 Å². The van der Waals surface area contributed by atoms with Gasteiger partial charge in [-0.05, 0) is 56.2 Å². The highest BCUT2D eigenvalue weighted by molar-refractivity contribution is 5.44. The Morgan fingerprint density at radius 3 is 2.52 bits per heavy atom. The van der Waals surface area contributed by atoms with E-state index in [1.807, 2.05) is 6.07 Å². The van der Waals surface area contributed by atoms with Gasteiger partial charge < -0.3 is 14.8 Å². The minimum Gasteiger partial charge on any atom is -0.486 e. The Balaban J connectivity index is 1.59. The van der Waals surface area contributed by atoms with Crippen molar-refractivity contribution < 1.29 is 9.47 Å². The lowest BCUT2D eigenvalue weighted by molar-refractivity contribution is 0.171. The molecule has 0 radical (unpaired) electrons. The molecule has 3 rings (SSSR count). The van der Waals surface area contributed by atoms with E-state index in [1.165, 1.54) is 37.7 Å². The van der Waals surface area contributed by atoms with E-state index in [0.717, 1.165) is 17.4 Å². The predicted octanol–water partition coefficient (Wildman–Crippen LogP) is 4.08. The van der Waals surface area contributed by atoms with E-state index in [2.05, 4.69) is 31.3 Å². The summed E-state index contributed by atoms with van der Waals surface area (Å²) in [5.41, 5.74) is 1.29. The van der Waals surface area contributed by atoms with Gasteiger partial charge in [0.15, 0.2) is 11.5 Å². The van der Waals surface area contributed by atoms with Crippen molar-refractivity contribution in [2.24, 2.45) is 5.92 Å². The normalized spacial score (nSPS) is 26.4. The molecule has 0 saturated heterocycles. The van der Waals surface area contributed by atoms with Gasteiger partial charge in [0.2, 0.25) is 0 Å². The van der Waals surface area contributed by atoms with Gasteiger partial charge in [-0.2, -0.15) is 0 Å². The zero-order chi connectivity index (χ0) is 14.7. The Morgan fingerprint density at radius 1 is 1.10 bits per heavy atom. The van der Waals surface area contributed by atoms with Crippen molar-refractivity contribution in [1.29, 1.82) is 0 Å². The lowest BCUT2D eigenvalue weighted by Crippen LogP contribution is -2.35. The first-order chi connectivity index (χ1) is 10.3. The molecule has 1 aliphatic heterocycles.